The van der Waals surface area contributed by atoms with Gasteiger partial charge in [0.15, 0.2) is 5.16 Å². The van der Waals surface area contributed by atoms with E-state index in [-0.39, 0.29) is 6.54 Å². The summed E-state index contributed by atoms with van der Waals surface area (Å²) >= 11 is 7.54. The van der Waals surface area contributed by atoms with Crippen LogP contribution in [0.15, 0.2) is 78.1 Å². The van der Waals surface area contributed by atoms with Crippen LogP contribution in [0.25, 0.3) is 22.5 Å². The Balaban J connectivity index is 1.85. The first-order valence-corrected chi connectivity index (χ1v) is 11.2. The van der Waals surface area contributed by atoms with Gasteiger partial charge < -0.3 is 14.4 Å². The summed E-state index contributed by atoms with van der Waals surface area (Å²) in [6, 6.07) is 20.6. The zero-order valence-corrected chi connectivity index (χ0v) is 18.8. The highest BCUT2D eigenvalue weighted by atomic mass is 35.5. The molecule has 2 aromatic heterocycles. The molecule has 0 bridgehead atoms. The van der Waals surface area contributed by atoms with Crippen LogP contribution in [0, 0.1) is 0 Å². The van der Waals surface area contributed by atoms with E-state index in [1.807, 2.05) is 54.6 Å². The second-order valence-corrected chi connectivity index (χ2v) is 8.30. The number of nitrogens with zero attached hydrogens (tertiary/aromatic N) is 3. The molecular weight excluding hydrogens is 446 g/mol. The summed E-state index contributed by atoms with van der Waals surface area (Å²) in [5, 5.41) is 10.9. The van der Waals surface area contributed by atoms with E-state index < -0.39 is 5.97 Å². The number of hydrogen-bond donors (Lipinski definition) is 1. The maximum absolute atomic E-state index is 11.8. The number of halogens is 1. The lowest BCUT2D eigenvalue weighted by atomic mass is 10.0. The molecule has 0 saturated carbocycles. The average molecular weight is 466 g/mol. The Labute approximate surface area is 194 Å². The van der Waals surface area contributed by atoms with Crippen LogP contribution in [-0.2, 0) is 17.1 Å². The van der Waals surface area contributed by atoms with Crippen molar-refractivity contribution in [3.8, 4) is 28.3 Å². The van der Waals surface area contributed by atoms with E-state index in [2.05, 4.69) is 4.98 Å². The number of imidazole rings is 1. The topological polar surface area (TPSA) is 77.2 Å². The van der Waals surface area contributed by atoms with E-state index in [1.54, 1.807) is 30.0 Å². The molecule has 0 unspecified atom stereocenters. The molecular formula is C24H20ClN3O3S. The van der Waals surface area contributed by atoms with Crippen molar-refractivity contribution in [2.75, 3.05) is 7.11 Å². The molecule has 0 fully saturated rings. The Bertz CT molecular complexity index is 1210. The van der Waals surface area contributed by atoms with Crippen LogP contribution in [0.1, 0.15) is 5.69 Å². The number of carbonyl (C=O) groups is 1. The number of thioether (sulfide) groups is 1. The van der Waals surface area contributed by atoms with Crippen LogP contribution in [-0.4, -0.2) is 32.7 Å². The van der Waals surface area contributed by atoms with Crippen LogP contribution in [0.2, 0.25) is 5.02 Å². The van der Waals surface area contributed by atoms with Crippen LogP contribution < -0.4 is 4.74 Å². The predicted molar refractivity (Wildman–Crippen MR) is 126 cm³/mol. The number of methoxy groups -OCH3 is 1. The number of carboxylic acids is 1. The van der Waals surface area contributed by atoms with Crippen LogP contribution >= 0.6 is 23.4 Å². The lowest BCUT2D eigenvalue weighted by molar-refractivity contribution is -0.137. The third kappa shape index (κ3) is 4.95. The van der Waals surface area contributed by atoms with Crippen molar-refractivity contribution in [2.45, 2.75) is 17.5 Å². The zero-order chi connectivity index (χ0) is 22.5. The van der Waals surface area contributed by atoms with Gasteiger partial charge in [-0.1, -0.05) is 41.6 Å². The first-order valence-electron chi connectivity index (χ1n) is 9.80. The van der Waals surface area contributed by atoms with Gasteiger partial charge in [0.2, 0.25) is 0 Å². The minimum absolute atomic E-state index is 0.216. The van der Waals surface area contributed by atoms with Crippen molar-refractivity contribution in [1.82, 2.24) is 14.5 Å². The van der Waals surface area contributed by atoms with E-state index in [4.69, 9.17) is 21.3 Å². The molecule has 0 radical (unpaired) electrons. The molecule has 162 valence electrons. The Morgan fingerprint density at radius 1 is 1.06 bits per heavy atom. The number of pyridine rings is 1. The average Bonchev–Trinajstić information content (AvgIpc) is 3.16. The first-order chi connectivity index (χ1) is 15.5. The van der Waals surface area contributed by atoms with Gasteiger partial charge in [-0.2, -0.15) is 0 Å². The van der Waals surface area contributed by atoms with E-state index in [0.717, 1.165) is 28.3 Å². The monoisotopic (exact) mass is 465 g/mol. The highest BCUT2D eigenvalue weighted by Gasteiger charge is 2.22. The van der Waals surface area contributed by atoms with E-state index in [9.17, 15) is 9.90 Å². The third-order valence-corrected chi connectivity index (χ3v) is 6.04. The lowest BCUT2D eigenvalue weighted by Crippen LogP contribution is -2.11. The minimum atomic E-state index is -0.945. The Morgan fingerprint density at radius 2 is 1.78 bits per heavy atom. The van der Waals surface area contributed by atoms with Gasteiger partial charge in [0, 0.05) is 28.1 Å². The largest absolute Gasteiger partial charge is 0.497 e. The Morgan fingerprint density at radius 3 is 2.41 bits per heavy atom. The van der Waals surface area contributed by atoms with Gasteiger partial charge >= 0.3 is 5.97 Å². The Hall–Kier alpha value is -3.29. The van der Waals surface area contributed by atoms with Crippen molar-refractivity contribution in [3.05, 3.63) is 83.6 Å². The molecule has 4 aromatic rings. The standard InChI is InChI=1S/C24H20ClN3O3S/c1-31-20-11-7-17(8-12-20)23-22(16-5-9-18(25)10-6-16)27-24(28(23)14-21(29)30)32-15-19-4-2-3-13-26-19/h2-13H,14-15H2,1H3,(H,29,30). The van der Waals surface area contributed by atoms with E-state index in [0.29, 0.717) is 21.6 Å². The highest BCUT2D eigenvalue weighted by Crippen LogP contribution is 2.37. The molecule has 0 spiro atoms. The van der Waals surface area contributed by atoms with Crippen LogP contribution in [0.3, 0.4) is 0 Å². The molecule has 1 N–H and O–H groups in total. The van der Waals surface area contributed by atoms with Gasteiger partial charge in [0.1, 0.15) is 12.3 Å². The van der Waals surface area contributed by atoms with E-state index >= 15 is 0 Å². The fraction of sp³-hybridized carbons (Fsp3) is 0.125. The summed E-state index contributed by atoms with van der Waals surface area (Å²) in [7, 11) is 1.61. The number of aromatic nitrogens is 3. The quantitative estimate of drug-likeness (QED) is 0.339. The van der Waals surface area contributed by atoms with Gasteiger partial charge in [-0.15, -0.1) is 0 Å². The fourth-order valence-electron chi connectivity index (χ4n) is 3.30. The molecule has 8 heteroatoms. The third-order valence-electron chi connectivity index (χ3n) is 4.78. The minimum Gasteiger partial charge on any atom is -0.497 e. The molecule has 32 heavy (non-hydrogen) atoms. The molecule has 2 heterocycles. The summed E-state index contributed by atoms with van der Waals surface area (Å²) in [4.78, 5) is 21.0. The molecule has 2 aromatic carbocycles. The van der Waals surface area contributed by atoms with Gasteiger partial charge in [-0.05, 0) is 48.5 Å². The summed E-state index contributed by atoms with van der Waals surface area (Å²) in [6.07, 6.45) is 1.74. The van der Waals surface area contributed by atoms with Crippen molar-refractivity contribution in [3.63, 3.8) is 0 Å². The Kier molecular flexibility index (Phi) is 6.78. The molecule has 0 saturated heterocycles. The van der Waals surface area contributed by atoms with Crippen molar-refractivity contribution in [1.29, 1.82) is 0 Å². The highest BCUT2D eigenvalue weighted by molar-refractivity contribution is 7.98. The van der Waals surface area contributed by atoms with Crippen LogP contribution in [0.5, 0.6) is 5.75 Å². The van der Waals surface area contributed by atoms with Crippen molar-refractivity contribution in [2.24, 2.45) is 0 Å². The second-order valence-electron chi connectivity index (χ2n) is 6.92. The number of benzene rings is 2. The lowest BCUT2D eigenvalue weighted by Gasteiger charge is -2.11. The SMILES string of the molecule is COc1ccc(-c2c(-c3ccc(Cl)cc3)nc(SCc3ccccn3)n2CC(=O)O)cc1. The summed E-state index contributed by atoms with van der Waals surface area (Å²) < 4.78 is 7.02. The molecule has 0 amide bonds. The van der Waals surface area contributed by atoms with Gasteiger partial charge in [0.25, 0.3) is 0 Å². The summed E-state index contributed by atoms with van der Waals surface area (Å²) in [5.74, 6) is 0.343. The molecule has 6 nitrogen and oxygen atoms in total. The van der Waals surface area contributed by atoms with Gasteiger partial charge in [-0.3, -0.25) is 9.78 Å². The summed E-state index contributed by atoms with van der Waals surface area (Å²) in [5.41, 5.74) is 4.00. The number of carboxylic acid groups (broad SMARTS) is 1. The van der Waals surface area contributed by atoms with Crippen LogP contribution in [0.4, 0.5) is 0 Å². The van der Waals surface area contributed by atoms with Gasteiger partial charge in [-0.25, -0.2) is 4.98 Å². The normalized spacial score (nSPS) is 10.8. The van der Waals surface area contributed by atoms with E-state index in [1.165, 1.54) is 11.8 Å². The number of aliphatic carboxylic acids is 1. The van der Waals surface area contributed by atoms with Crippen molar-refractivity contribution < 1.29 is 14.6 Å². The number of hydrogen-bond acceptors (Lipinski definition) is 5. The molecule has 0 atom stereocenters. The number of rotatable bonds is 8. The second kappa shape index (κ2) is 9.89. The fourth-order valence-corrected chi connectivity index (χ4v) is 4.34. The number of ether oxygens (including phenoxy) is 1. The van der Waals surface area contributed by atoms with Crippen molar-refractivity contribution >= 4 is 29.3 Å². The smallest absolute Gasteiger partial charge is 0.323 e. The zero-order valence-electron chi connectivity index (χ0n) is 17.2. The molecule has 0 aliphatic carbocycles. The maximum Gasteiger partial charge on any atom is 0.323 e. The molecule has 4 rings (SSSR count). The van der Waals surface area contributed by atoms with Gasteiger partial charge in [0.05, 0.1) is 24.2 Å². The first kappa shape index (κ1) is 21.9. The molecule has 0 aliphatic heterocycles. The predicted octanol–water partition coefficient (Wildman–Crippen LogP) is 5.65. The maximum atomic E-state index is 11.8. The molecule has 0 aliphatic rings. The summed E-state index contributed by atoms with van der Waals surface area (Å²) in [6.45, 7) is -0.216.